The van der Waals surface area contributed by atoms with Gasteiger partial charge in [0.25, 0.3) is 5.56 Å². The van der Waals surface area contributed by atoms with E-state index in [2.05, 4.69) is 4.98 Å². The highest BCUT2D eigenvalue weighted by Gasteiger charge is 2.30. The number of aromatic amines is 1. The van der Waals surface area contributed by atoms with Crippen molar-refractivity contribution in [3.63, 3.8) is 0 Å². The number of rotatable bonds is 8. The fraction of sp³-hybridized carbons (Fsp3) is 0.333. The number of fused-ring (bicyclic) bond motifs is 1. The quantitative estimate of drug-likeness (QED) is 0.208. The Morgan fingerprint density at radius 3 is 2.50 bits per heavy atom. The Hall–Kier alpha value is -4.21. The summed E-state index contributed by atoms with van der Waals surface area (Å²) < 4.78 is 33.9. The summed E-state index contributed by atoms with van der Waals surface area (Å²) in [5.74, 6) is 2.40. The van der Waals surface area contributed by atoms with Gasteiger partial charge in [0.2, 0.25) is 0 Å². The number of nitrogens with one attached hydrogen (secondary N) is 1. The van der Waals surface area contributed by atoms with Gasteiger partial charge in [-0.1, -0.05) is 6.07 Å². The van der Waals surface area contributed by atoms with E-state index in [-0.39, 0.29) is 11.4 Å². The van der Waals surface area contributed by atoms with Gasteiger partial charge in [-0.2, -0.15) is 0 Å². The summed E-state index contributed by atoms with van der Waals surface area (Å²) in [5, 5.41) is 11.3. The standard InChI is InChI=1S/C33H34FN3O5/c1-17-11-21(34)12-18(2)29(17)41-26-10-9-20(33(3,4)39)13-22(26)24-15-37(5)32(38)23-14-27(42-30(23)24)28-25(16-40-6)35-31(36-28)19-7-8-19/h9-15,19,39H,7-8,16H2,1-6H3,(H,35,36). The highest BCUT2D eigenvalue weighted by molar-refractivity contribution is 5.95. The van der Waals surface area contributed by atoms with E-state index in [0.29, 0.717) is 74.3 Å². The molecule has 1 fully saturated rings. The number of aryl methyl sites for hydroxylation is 3. The molecule has 218 valence electrons. The van der Waals surface area contributed by atoms with Gasteiger partial charge in [-0.05, 0) is 87.6 Å². The molecule has 1 saturated carbocycles. The molecule has 3 heterocycles. The number of benzene rings is 2. The molecule has 3 aromatic heterocycles. The minimum atomic E-state index is -1.15. The second-order valence-corrected chi connectivity index (χ2v) is 11.7. The summed E-state index contributed by atoms with van der Waals surface area (Å²) in [6.45, 7) is 7.30. The number of nitrogens with zero attached hydrogens (tertiary/aromatic N) is 2. The first-order valence-electron chi connectivity index (χ1n) is 14.0. The van der Waals surface area contributed by atoms with Crippen LogP contribution in [0.3, 0.4) is 0 Å². The highest BCUT2D eigenvalue weighted by Crippen LogP contribution is 2.43. The molecule has 9 heteroatoms. The minimum absolute atomic E-state index is 0.221. The second kappa shape index (κ2) is 10.3. The van der Waals surface area contributed by atoms with Crippen molar-refractivity contribution >= 4 is 11.0 Å². The fourth-order valence-electron chi connectivity index (χ4n) is 5.37. The number of pyridine rings is 1. The number of halogens is 1. The van der Waals surface area contributed by atoms with Crippen LogP contribution in [0.1, 0.15) is 60.8 Å². The smallest absolute Gasteiger partial charge is 0.261 e. The van der Waals surface area contributed by atoms with Gasteiger partial charge in [0.15, 0.2) is 5.76 Å². The normalized spacial score (nSPS) is 13.7. The lowest BCUT2D eigenvalue weighted by molar-refractivity contribution is 0.0786. The van der Waals surface area contributed by atoms with Crippen LogP contribution in [0.25, 0.3) is 33.6 Å². The summed E-state index contributed by atoms with van der Waals surface area (Å²) in [7, 11) is 3.30. The zero-order valence-electron chi connectivity index (χ0n) is 24.6. The first-order chi connectivity index (χ1) is 19.9. The number of imidazole rings is 1. The Labute approximate surface area is 242 Å². The van der Waals surface area contributed by atoms with E-state index in [1.54, 1.807) is 66.2 Å². The van der Waals surface area contributed by atoms with Crippen LogP contribution in [0.2, 0.25) is 0 Å². The van der Waals surface area contributed by atoms with Crippen molar-refractivity contribution in [2.75, 3.05) is 7.11 Å². The molecule has 42 heavy (non-hydrogen) atoms. The van der Waals surface area contributed by atoms with Gasteiger partial charge in [0, 0.05) is 37.4 Å². The molecule has 0 atom stereocenters. The van der Waals surface area contributed by atoms with Crippen LogP contribution < -0.4 is 10.3 Å². The number of aliphatic hydroxyl groups is 1. The minimum Gasteiger partial charge on any atom is -0.456 e. The van der Waals surface area contributed by atoms with E-state index in [9.17, 15) is 14.3 Å². The summed E-state index contributed by atoms with van der Waals surface area (Å²) in [6, 6.07) is 9.97. The summed E-state index contributed by atoms with van der Waals surface area (Å²) in [6.07, 6.45) is 3.87. The van der Waals surface area contributed by atoms with Gasteiger partial charge < -0.3 is 28.5 Å². The van der Waals surface area contributed by atoms with Gasteiger partial charge in [-0.3, -0.25) is 4.79 Å². The van der Waals surface area contributed by atoms with Crippen molar-refractivity contribution in [2.45, 2.75) is 58.7 Å². The maximum atomic E-state index is 14.1. The van der Waals surface area contributed by atoms with Crippen molar-refractivity contribution in [3.05, 3.63) is 87.0 Å². The molecule has 0 saturated heterocycles. The number of furan rings is 1. The van der Waals surface area contributed by atoms with Crippen LogP contribution in [0.5, 0.6) is 11.5 Å². The zero-order valence-corrected chi connectivity index (χ0v) is 24.6. The van der Waals surface area contributed by atoms with Gasteiger partial charge >= 0.3 is 0 Å². The predicted molar refractivity (Wildman–Crippen MR) is 158 cm³/mol. The molecule has 0 amide bonds. The third-order valence-corrected chi connectivity index (χ3v) is 7.75. The van der Waals surface area contributed by atoms with Crippen molar-refractivity contribution < 1.29 is 23.4 Å². The molecule has 0 radical (unpaired) electrons. The average molecular weight is 572 g/mol. The van der Waals surface area contributed by atoms with E-state index in [1.165, 1.54) is 16.7 Å². The monoisotopic (exact) mass is 571 g/mol. The fourth-order valence-corrected chi connectivity index (χ4v) is 5.37. The van der Waals surface area contributed by atoms with Crippen molar-refractivity contribution in [3.8, 4) is 34.1 Å². The molecular formula is C33H34FN3O5. The maximum Gasteiger partial charge on any atom is 0.261 e. The van der Waals surface area contributed by atoms with Gasteiger partial charge in [0.1, 0.15) is 34.4 Å². The van der Waals surface area contributed by atoms with E-state index in [1.807, 2.05) is 6.07 Å². The van der Waals surface area contributed by atoms with Crippen molar-refractivity contribution in [1.82, 2.24) is 14.5 Å². The summed E-state index contributed by atoms with van der Waals surface area (Å²) in [4.78, 5) is 21.6. The highest BCUT2D eigenvalue weighted by atomic mass is 19.1. The third kappa shape index (κ3) is 5.03. The lowest BCUT2D eigenvalue weighted by atomic mass is 9.93. The summed E-state index contributed by atoms with van der Waals surface area (Å²) in [5.41, 5.74) is 3.55. The number of hydrogen-bond acceptors (Lipinski definition) is 6. The molecule has 5 aromatic rings. The van der Waals surface area contributed by atoms with E-state index in [0.717, 1.165) is 24.4 Å². The van der Waals surface area contributed by atoms with Crippen LogP contribution in [-0.2, 0) is 24.0 Å². The van der Waals surface area contributed by atoms with Crippen LogP contribution in [0, 0.1) is 19.7 Å². The molecule has 6 rings (SSSR count). The van der Waals surface area contributed by atoms with Crippen molar-refractivity contribution in [1.29, 1.82) is 0 Å². The summed E-state index contributed by atoms with van der Waals surface area (Å²) >= 11 is 0. The number of aromatic nitrogens is 3. The first kappa shape index (κ1) is 27.9. The topological polar surface area (TPSA) is 103 Å². The SMILES string of the molecule is COCc1[nH]c(C2CC2)nc1-c1cc2c(=O)n(C)cc(-c3cc(C(C)(C)O)ccc3Oc3c(C)cc(F)cc3C)c2o1. The van der Waals surface area contributed by atoms with Crippen LogP contribution in [0.4, 0.5) is 4.39 Å². The average Bonchev–Trinajstić information content (AvgIpc) is 3.54. The van der Waals surface area contributed by atoms with Crippen molar-refractivity contribution in [2.24, 2.45) is 7.05 Å². The van der Waals surface area contributed by atoms with E-state index >= 15 is 0 Å². The lowest BCUT2D eigenvalue weighted by Crippen LogP contribution is -2.17. The third-order valence-electron chi connectivity index (χ3n) is 7.75. The number of ether oxygens (including phenoxy) is 2. The molecule has 8 nitrogen and oxygen atoms in total. The maximum absolute atomic E-state index is 14.1. The molecule has 1 aliphatic carbocycles. The second-order valence-electron chi connectivity index (χ2n) is 11.7. The Kier molecular flexibility index (Phi) is 6.82. The van der Waals surface area contributed by atoms with E-state index in [4.69, 9.17) is 18.9 Å². The Morgan fingerprint density at radius 2 is 1.86 bits per heavy atom. The number of methoxy groups -OCH3 is 1. The Morgan fingerprint density at radius 1 is 1.14 bits per heavy atom. The molecule has 0 aliphatic heterocycles. The van der Waals surface area contributed by atoms with Gasteiger partial charge in [0.05, 0.1) is 23.3 Å². The lowest BCUT2D eigenvalue weighted by Gasteiger charge is -2.21. The molecule has 0 spiro atoms. The molecule has 2 N–H and O–H groups in total. The molecule has 0 unspecified atom stereocenters. The molecular weight excluding hydrogens is 537 g/mol. The van der Waals surface area contributed by atoms with Gasteiger partial charge in [-0.15, -0.1) is 0 Å². The van der Waals surface area contributed by atoms with Gasteiger partial charge in [-0.25, -0.2) is 9.37 Å². The predicted octanol–water partition coefficient (Wildman–Crippen LogP) is 6.99. The number of H-pyrrole nitrogens is 1. The Bertz CT molecular complexity index is 1870. The molecule has 0 bridgehead atoms. The first-order valence-corrected chi connectivity index (χ1v) is 14.0. The molecule has 2 aromatic carbocycles. The van der Waals surface area contributed by atoms with Crippen LogP contribution in [0.15, 0.2) is 51.8 Å². The zero-order chi connectivity index (χ0) is 29.9. The van der Waals surface area contributed by atoms with Crippen LogP contribution in [-0.4, -0.2) is 26.8 Å². The largest absolute Gasteiger partial charge is 0.456 e. The van der Waals surface area contributed by atoms with E-state index < -0.39 is 5.60 Å². The van der Waals surface area contributed by atoms with Crippen LogP contribution >= 0.6 is 0 Å². The molecule has 1 aliphatic rings. The number of hydrogen-bond donors (Lipinski definition) is 2. The Balaban J connectivity index is 1.57.